The van der Waals surface area contributed by atoms with Crippen molar-refractivity contribution in [2.75, 3.05) is 24.3 Å². The molecule has 0 spiro atoms. The van der Waals surface area contributed by atoms with E-state index in [2.05, 4.69) is 16.0 Å². The second-order valence-corrected chi connectivity index (χ2v) is 6.93. The number of nitrogens with zero attached hydrogens (tertiary/aromatic N) is 1. The number of allylic oxidation sites excluding steroid dienone is 1. The first-order chi connectivity index (χ1) is 12.8. The van der Waals surface area contributed by atoms with Crippen molar-refractivity contribution in [2.24, 2.45) is 0 Å². The van der Waals surface area contributed by atoms with Crippen molar-refractivity contribution in [2.45, 2.75) is 13.0 Å². The predicted molar refractivity (Wildman–Crippen MR) is 110 cm³/mol. The lowest BCUT2D eigenvalue weighted by atomic mass is 9.94. The number of amides is 1. The van der Waals surface area contributed by atoms with Gasteiger partial charge in [-0.15, -0.1) is 0 Å². The highest BCUT2D eigenvalue weighted by Crippen LogP contribution is 2.29. The van der Waals surface area contributed by atoms with Gasteiger partial charge >= 0.3 is 0 Å². The number of hydrogen-bond donors (Lipinski definition) is 3. The average Bonchev–Trinajstić information content (AvgIpc) is 2.63. The zero-order valence-electron chi connectivity index (χ0n) is 15.3. The Bertz CT molecular complexity index is 891. The molecule has 3 rings (SSSR count). The van der Waals surface area contributed by atoms with Crippen molar-refractivity contribution in [1.82, 2.24) is 10.6 Å². The van der Waals surface area contributed by atoms with Gasteiger partial charge in [-0.25, -0.2) is 4.39 Å². The Morgan fingerprint density at radius 1 is 1.11 bits per heavy atom. The van der Waals surface area contributed by atoms with Gasteiger partial charge in [-0.3, -0.25) is 4.79 Å². The van der Waals surface area contributed by atoms with Crippen LogP contribution in [0.1, 0.15) is 18.5 Å². The van der Waals surface area contributed by atoms with E-state index in [9.17, 15) is 9.18 Å². The first kappa shape index (κ1) is 18.8. The zero-order chi connectivity index (χ0) is 19.6. The number of carbonyl (C=O) groups is 1. The molecule has 5 nitrogen and oxygen atoms in total. The van der Waals surface area contributed by atoms with Crippen LogP contribution < -0.4 is 20.9 Å². The number of hydrogen-bond acceptors (Lipinski definition) is 3. The molecule has 1 aliphatic heterocycles. The Balaban J connectivity index is 1.91. The van der Waals surface area contributed by atoms with Crippen LogP contribution in [0.3, 0.4) is 0 Å². The predicted octanol–water partition coefficient (Wildman–Crippen LogP) is 3.32. The van der Waals surface area contributed by atoms with Crippen LogP contribution in [0.5, 0.6) is 0 Å². The largest absolute Gasteiger partial charge is 0.378 e. The summed E-state index contributed by atoms with van der Waals surface area (Å²) in [5.41, 5.74) is 3.73. The fraction of sp³-hybridized carbons (Fsp3) is 0.200. The lowest BCUT2D eigenvalue weighted by molar-refractivity contribution is -0.113. The van der Waals surface area contributed by atoms with Gasteiger partial charge in [0.2, 0.25) is 0 Å². The molecule has 2 aromatic carbocycles. The van der Waals surface area contributed by atoms with Crippen LogP contribution in [0.4, 0.5) is 15.8 Å². The summed E-state index contributed by atoms with van der Waals surface area (Å²) >= 11 is 5.27. The molecule has 0 aliphatic carbocycles. The van der Waals surface area contributed by atoms with Crippen molar-refractivity contribution in [1.29, 1.82) is 0 Å². The summed E-state index contributed by atoms with van der Waals surface area (Å²) in [6, 6.07) is 13.2. The summed E-state index contributed by atoms with van der Waals surface area (Å²) in [5, 5.41) is 9.45. The summed E-state index contributed by atoms with van der Waals surface area (Å²) in [5.74, 6) is -0.628. The Hall–Kier alpha value is -2.93. The van der Waals surface area contributed by atoms with Crippen LogP contribution in [0.25, 0.3) is 0 Å². The second kappa shape index (κ2) is 7.75. The highest BCUT2D eigenvalue weighted by molar-refractivity contribution is 7.80. The van der Waals surface area contributed by atoms with Gasteiger partial charge in [-0.05, 0) is 61.1 Å². The standard InChI is InChI=1S/C20H21FN4OS/c1-12-17(19(26)23-15-8-6-14(21)7-9-15)18(24-20(27)22-12)13-4-10-16(11-5-13)25(2)3/h4-11,18H,1-3H3,(H,23,26)(H2,22,24,27)/t18-/m1/s1. The molecule has 0 saturated carbocycles. The third-order valence-electron chi connectivity index (χ3n) is 4.36. The SMILES string of the molecule is CC1=C(C(=O)Nc2ccc(F)cc2)[C@@H](c2ccc(N(C)C)cc2)NC(=S)N1. The van der Waals surface area contributed by atoms with E-state index in [-0.39, 0.29) is 17.8 Å². The molecule has 7 heteroatoms. The molecule has 1 aliphatic rings. The molecule has 27 heavy (non-hydrogen) atoms. The number of rotatable bonds is 4. The lowest BCUT2D eigenvalue weighted by Gasteiger charge is -2.30. The third kappa shape index (κ3) is 4.25. The maximum Gasteiger partial charge on any atom is 0.255 e. The summed E-state index contributed by atoms with van der Waals surface area (Å²) < 4.78 is 13.1. The van der Waals surface area contributed by atoms with Crippen molar-refractivity contribution in [3.63, 3.8) is 0 Å². The number of benzene rings is 2. The smallest absolute Gasteiger partial charge is 0.255 e. The van der Waals surface area contributed by atoms with Gasteiger partial charge in [0.05, 0.1) is 11.6 Å². The first-order valence-corrected chi connectivity index (χ1v) is 8.88. The van der Waals surface area contributed by atoms with E-state index in [4.69, 9.17) is 12.2 Å². The molecule has 2 aromatic rings. The van der Waals surface area contributed by atoms with Gasteiger partial charge in [-0.2, -0.15) is 0 Å². The molecule has 1 heterocycles. The van der Waals surface area contributed by atoms with Gasteiger partial charge in [0, 0.05) is 31.2 Å². The molecule has 0 bridgehead atoms. The number of thiocarbonyl (C=S) groups is 1. The third-order valence-corrected chi connectivity index (χ3v) is 4.58. The monoisotopic (exact) mass is 384 g/mol. The highest BCUT2D eigenvalue weighted by Gasteiger charge is 2.29. The maximum absolute atomic E-state index is 13.1. The first-order valence-electron chi connectivity index (χ1n) is 8.47. The lowest BCUT2D eigenvalue weighted by Crippen LogP contribution is -2.45. The average molecular weight is 384 g/mol. The molecule has 140 valence electrons. The van der Waals surface area contributed by atoms with E-state index in [0.717, 1.165) is 11.3 Å². The van der Waals surface area contributed by atoms with E-state index >= 15 is 0 Å². The molecule has 0 radical (unpaired) electrons. The molecule has 3 N–H and O–H groups in total. The second-order valence-electron chi connectivity index (χ2n) is 6.52. The summed E-state index contributed by atoms with van der Waals surface area (Å²) in [6.45, 7) is 1.81. The molecule has 0 fully saturated rings. The van der Waals surface area contributed by atoms with Crippen LogP contribution in [0.15, 0.2) is 59.8 Å². The Morgan fingerprint density at radius 3 is 2.33 bits per heavy atom. The summed E-state index contributed by atoms with van der Waals surface area (Å²) in [7, 11) is 3.94. The van der Waals surface area contributed by atoms with Gasteiger partial charge in [0.25, 0.3) is 5.91 Å². The molecule has 0 unspecified atom stereocenters. The fourth-order valence-corrected chi connectivity index (χ4v) is 3.21. The van der Waals surface area contributed by atoms with Crippen molar-refractivity contribution in [3.8, 4) is 0 Å². The van der Waals surface area contributed by atoms with Crippen LogP contribution in [0, 0.1) is 5.82 Å². The minimum absolute atomic E-state index is 0.275. The fourth-order valence-electron chi connectivity index (χ4n) is 2.94. The number of carbonyl (C=O) groups excluding carboxylic acids is 1. The molecule has 0 aromatic heterocycles. The molecular formula is C20H21FN4OS. The highest BCUT2D eigenvalue weighted by atomic mass is 32.1. The van der Waals surface area contributed by atoms with Crippen molar-refractivity contribution >= 4 is 34.6 Å². The zero-order valence-corrected chi connectivity index (χ0v) is 16.2. The van der Waals surface area contributed by atoms with Crippen molar-refractivity contribution < 1.29 is 9.18 Å². The topological polar surface area (TPSA) is 56.4 Å². The minimum atomic E-state index is -0.379. The minimum Gasteiger partial charge on any atom is -0.378 e. The van der Waals surface area contributed by atoms with Gasteiger partial charge in [0.1, 0.15) is 5.82 Å². The van der Waals surface area contributed by atoms with E-state index < -0.39 is 0 Å². The van der Waals surface area contributed by atoms with Gasteiger partial charge < -0.3 is 20.9 Å². The van der Waals surface area contributed by atoms with Crippen LogP contribution in [0.2, 0.25) is 0 Å². The summed E-state index contributed by atoms with van der Waals surface area (Å²) in [6.07, 6.45) is 0. The van der Waals surface area contributed by atoms with Crippen LogP contribution >= 0.6 is 12.2 Å². The number of anilines is 2. The van der Waals surface area contributed by atoms with Gasteiger partial charge in [-0.1, -0.05) is 12.1 Å². The molecule has 1 amide bonds. The Labute approximate surface area is 163 Å². The quantitative estimate of drug-likeness (QED) is 0.706. The normalized spacial score (nSPS) is 16.4. The molecular weight excluding hydrogens is 363 g/mol. The van der Waals surface area contributed by atoms with E-state index in [1.165, 1.54) is 24.3 Å². The van der Waals surface area contributed by atoms with E-state index in [1.807, 2.05) is 50.2 Å². The molecule has 1 atom stereocenters. The van der Waals surface area contributed by atoms with Crippen LogP contribution in [-0.2, 0) is 4.79 Å². The summed E-state index contributed by atoms with van der Waals surface area (Å²) in [4.78, 5) is 14.9. The van der Waals surface area contributed by atoms with E-state index in [1.54, 1.807) is 0 Å². The van der Waals surface area contributed by atoms with Crippen molar-refractivity contribution in [3.05, 3.63) is 71.2 Å². The van der Waals surface area contributed by atoms with Crippen LogP contribution in [-0.4, -0.2) is 25.1 Å². The number of nitrogens with one attached hydrogen (secondary N) is 3. The Morgan fingerprint density at radius 2 is 1.74 bits per heavy atom. The molecule has 0 saturated heterocycles. The maximum atomic E-state index is 13.1. The van der Waals surface area contributed by atoms with E-state index in [0.29, 0.717) is 22.1 Å². The van der Waals surface area contributed by atoms with Gasteiger partial charge in [0.15, 0.2) is 5.11 Å². The number of halogens is 1. The Kier molecular flexibility index (Phi) is 5.41.